The van der Waals surface area contributed by atoms with Crippen molar-refractivity contribution in [3.8, 4) is 0 Å². The third-order valence-electron chi connectivity index (χ3n) is 5.10. The van der Waals surface area contributed by atoms with Gasteiger partial charge < -0.3 is 10.1 Å². The van der Waals surface area contributed by atoms with Gasteiger partial charge in [-0.05, 0) is 51.0 Å². The fraction of sp³-hybridized carbons (Fsp3) is 1.00. The van der Waals surface area contributed by atoms with Crippen LogP contribution in [0.1, 0.15) is 65.2 Å². The van der Waals surface area contributed by atoms with Crippen molar-refractivity contribution in [1.82, 2.24) is 5.32 Å². The van der Waals surface area contributed by atoms with Crippen LogP contribution in [0.15, 0.2) is 0 Å². The Morgan fingerprint density at radius 2 is 1.94 bits per heavy atom. The second-order valence-electron chi connectivity index (χ2n) is 6.55. The minimum absolute atomic E-state index is 0.458. The fourth-order valence-corrected chi connectivity index (χ4v) is 3.79. The highest BCUT2D eigenvalue weighted by molar-refractivity contribution is 4.85. The average Bonchev–Trinajstić information content (AvgIpc) is 2.39. The molecule has 0 amide bonds. The molecule has 0 aliphatic heterocycles. The maximum atomic E-state index is 6.48. The molecule has 0 aromatic heterocycles. The Labute approximate surface area is 113 Å². The van der Waals surface area contributed by atoms with Gasteiger partial charge in [0.05, 0.1) is 12.2 Å². The number of rotatable bonds is 4. The molecular formula is C16H31NO. The van der Waals surface area contributed by atoms with Crippen LogP contribution in [0.25, 0.3) is 0 Å². The highest BCUT2D eigenvalue weighted by atomic mass is 16.5. The number of ether oxygens (including phenoxy) is 1. The molecule has 0 bridgehead atoms. The molecule has 0 aromatic rings. The van der Waals surface area contributed by atoms with Crippen molar-refractivity contribution in [3.63, 3.8) is 0 Å². The number of nitrogens with one attached hydrogen (secondary N) is 1. The highest BCUT2D eigenvalue weighted by Crippen LogP contribution is 2.33. The smallest absolute Gasteiger partial charge is 0.0734 e. The lowest BCUT2D eigenvalue weighted by molar-refractivity contribution is -0.0749. The molecule has 2 aliphatic carbocycles. The summed E-state index contributed by atoms with van der Waals surface area (Å²) in [6, 6.07) is 0.586. The fourth-order valence-electron chi connectivity index (χ4n) is 3.79. The Kier molecular flexibility index (Phi) is 5.50. The number of hydrogen-bond donors (Lipinski definition) is 1. The van der Waals surface area contributed by atoms with E-state index in [2.05, 4.69) is 26.2 Å². The molecule has 2 rings (SSSR count). The molecule has 106 valence electrons. The van der Waals surface area contributed by atoms with Crippen LogP contribution >= 0.6 is 0 Å². The second kappa shape index (κ2) is 6.91. The van der Waals surface area contributed by atoms with Crippen LogP contribution in [0, 0.1) is 11.8 Å². The van der Waals surface area contributed by atoms with E-state index in [0.717, 1.165) is 11.8 Å². The zero-order valence-electron chi connectivity index (χ0n) is 12.5. The summed E-state index contributed by atoms with van der Waals surface area (Å²) in [6.45, 7) is 4.70. The van der Waals surface area contributed by atoms with E-state index >= 15 is 0 Å². The predicted molar refractivity (Wildman–Crippen MR) is 76.8 cm³/mol. The first kappa shape index (κ1) is 14.3. The summed E-state index contributed by atoms with van der Waals surface area (Å²) in [5.74, 6) is 1.75. The van der Waals surface area contributed by atoms with Gasteiger partial charge in [0.25, 0.3) is 0 Å². The van der Waals surface area contributed by atoms with E-state index < -0.39 is 0 Å². The van der Waals surface area contributed by atoms with Gasteiger partial charge >= 0.3 is 0 Å². The molecule has 2 aliphatic rings. The van der Waals surface area contributed by atoms with E-state index in [1.807, 2.05) is 0 Å². The minimum atomic E-state index is 0.458. The largest absolute Gasteiger partial charge is 0.373 e. The molecule has 1 N–H and O–H groups in total. The lowest BCUT2D eigenvalue weighted by Crippen LogP contribution is -2.45. The summed E-state index contributed by atoms with van der Waals surface area (Å²) in [5, 5.41) is 3.46. The second-order valence-corrected chi connectivity index (χ2v) is 6.55. The quantitative estimate of drug-likeness (QED) is 0.824. The van der Waals surface area contributed by atoms with Gasteiger partial charge in [0.15, 0.2) is 0 Å². The first-order chi connectivity index (χ1) is 8.72. The van der Waals surface area contributed by atoms with Gasteiger partial charge in [0.1, 0.15) is 0 Å². The van der Waals surface area contributed by atoms with E-state index in [9.17, 15) is 0 Å². The van der Waals surface area contributed by atoms with Crippen LogP contribution in [-0.4, -0.2) is 25.3 Å². The summed E-state index contributed by atoms with van der Waals surface area (Å²) in [7, 11) is 2.09. The topological polar surface area (TPSA) is 21.3 Å². The summed E-state index contributed by atoms with van der Waals surface area (Å²) < 4.78 is 6.48. The molecule has 2 heteroatoms. The van der Waals surface area contributed by atoms with Crippen LogP contribution in [-0.2, 0) is 4.74 Å². The molecule has 0 spiro atoms. The SMILES string of the molecule is CCC1CCCC(OC2CC(C)CCC2NC)C1. The highest BCUT2D eigenvalue weighted by Gasteiger charge is 2.31. The third-order valence-corrected chi connectivity index (χ3v) is 5.10. The normalized spacial score (nSPS) is 41.8. The van der Waals surface area contributed by atoms with E-state index in [1.165, 1.54) is 51.4 Å². The van der Waals surface area contributed by atoms with Crippen molar-refractivity contribution in [2.75, 3.05) is 7.05 Å². The van der Waals surface area contributed by atoms with Crippen molar-refractivity contribution >= 4 is 0 Å². The summed E-state index contributed by atoms with van der Waals surface area (Å²) in [4.78, 5) is 0. The molecular weight excluding hydrogens is 222 g/mol. The molecule has 18 heavy (non-hydrogen) atoms. The molecule has 0 saturated heterocycles. The van der Waals surface area contributed by atoms with Gasteiger partial charge in [-0.25, -0.2) is 0 Å². The maximum absolute atomic E-state index is 6.48. The summed E-state index contributed by atoms with van der Waals surface area (Å²) in [6.07, 6.45) is 11.6. The lowest BCUT2D eigenvalue weighted by atomic mass is 9.83. The van der Waals surface area contributed by atoms with Gasteiger partial charge in [0, 0.05) is 6.04 Å². The van der Waals surface area contributed by atoms with Crippen LogP contribution < -0.4 is 5.32 Å². The molecule has 0 radical (unpaired) electrons. The number of likely N-dealkylation sites (N-methyl/N-ethyl adjacent to an activating group) is 1. The van der Waals surface area contributed by atoms with Gasteiger partial charge in [-0.15, -0.1) is 0 Å². The molecule has 2 saturated carbocycles. The molecule has 0 aromatic carbocycles. The molecule has 5 unspecified atom stereocenters. The minimum Gasteiger partial charge on any atom is -0.373 e. The maximum Gasteiger partial charge on any atom is 0.0734 e. The van der Waals surface area contributed by atoms with Gasteiger partial charge in [-0.1, -0.05) is 33.1 Å². The summed E-state index contributed by atoms with van der Waals surface area (Å²) >= 11 is 0. The van der Waals surface area contributed by atoms with Gasteiger partial charge in [-0.2, -0.15) is 0 Å². The Morgan fingerprint density at radius 3 is 2.67 bits per heavy atom. The van der Waals surface area contributed by atoms with Crippen molar-refractivity contribution in [3.05, 3.63) is 0 Å². The van der Waals surface area contributed by atoms with Crippen molar-refractivity contribution < 1.29 is 4.74 Å². The van der Waals surface area contributed by atoms with Crippen molar-refractivity contribution in [1.29, 1.82) is 0 Å². The van der Waals surface area contributed by atoms with Crippen molar-refractivity contribution in [2.24, 2.45) is 11.8 Å². The van der Waals surface area contributed by atoms with E-state index in [-0.39, 0.29) is 0 Å². The van der Waals surface area contributed by atoms with Crippen LogP contribution in [0.4, 0.5) is 0 Å². The Balaban J connectivity index is 1.85. The van der Waals surface area contributed by atoms with Gasteiger partial charge in [0.2, 0.25) is 0 Å². The van der Waals surface area contributed by atoms with Crippen LogP contribution in [0.3, 0.4) is 0 Å². The average molecular weight is 253 g/mol. The van der Waals surface area contributed by atoms with E-state index in [1.54, 1.807) is 0 Å². The number of hydrogen-bond acceptors (Lipinski definition) is 2. The van der Waals surface area contributed by atoms with E-state index in [0.29, 0.717) is 18.2 Å². The molecule has 5 atom stereocenters. The molecule has 2 nitrogen and oxygen atoms in total. The van der Waals surface area contributed by atoms with Gasteiger partial charge in [-0.3, -0.25) is 0 Å². The standard InChI is InChI=1S/C16H31NO/c1-4-13-6-5-7-14(11-13)18-16-10-12(2)8-9-15(16)17-3/h12-17H,4-11H2,1-3H3. The Hall–Kier alpha value is -0.0800. The van der Waals surface area contributed by atoms with Crippen LogP contribution in [0.5, 0.6) is 0 Å². The summed E-state index contributed by atoms with van der Waals surface area (Å²) in [5.41, 5.74) is 0. The monoisotopic (exact) mass is 253 g/mol. The third kappa shape index (κ3) is 3.71. The first-order valence-corrected chi connectivity index (χ1v) is 8.05. The van der Waals surface area contributed by atoms with E-state index in [4.69, 9.17) is 4.74 Å². The molecule has 2 fully saturated rings. The van der Waals surface area contributed by atoms with Crippen molar-refractivity contribution in [2.45, 2.75) is 83.5 Å². The Morgan fingerprint density at radius 1 is 1.11 bits per heavy atom. The van der Waals surface area contributed by atoms with Crippen LogP contribution in [0.2, 0.25) is 0 Å². The predicted octanol–water partition coefficient (Wildman–Crippen LogP) is 3.75. The zero-order chi connectivity index (χ0) is 13.0. The first-order valence-electron chi connectivity index (χ1n) is 8.05. The Bertz CT molecular complexity index is 243. The lowest BCUT2D eigenvalue weighted by Gasteiger charge is -2.39. The molecule has 0 heterocycles. The zero-order valence-corrected chi connectivity index (χ0v) is 12.5.